The van der Waals surface area contributed by atoms with E-state index in [0.29, 0.717) is 11.1 Å². The van der Waals surface area contributed by atoms with E-state index in [4.69, 9.17) is 5.26 Å². The van der Waals surface area contributed by atoms with Gasteiger partial charge in [0.2, 0.25) is 5.56 Å². The number of hydrogen-bond donors (Lipinski definition) is 1. The predicted octanol–water partition coefficient (Wildman–Crippen LogP) is 1.46. The van der Waals surface area contributed by atoms with E-state index in [0.717, 1.165) is 4.57 Å². The lowest BCUT2D eigenvalue weighted by Crippen LogP contribution is -2.23. The Balaban J connectivity index is 2.39. The number of nitriles is 1. The molecule has 0 aliphatic carbocycles. The molecule has 0 saturated heterocycles. The van der Waals surface area contributed by atoms with Gasteiger partial charge in [-0.25, -0.2) is 0 Å². The molecule has 0 fully saturated rings. The molecule has 3 aromatic rings. The fraction of sp³-hybridized carbons (Fsp3) is 0. The summed E-state index contributed by atoms with van der Waals surface area (Å²) in [6, 6.07) is 11.2. The minimum absolute atomic E-state index is 0.0945. The molecule has 8 heteroatoms. The molecular weight excluding hydrogens is 300 g/mol. The molecule has 2 aromatic heterocycles. The monoisotopic (exact) mass is 308 g/mol. The SMILES string of the molecule is N#Cc1cc2ccc(=O)[nH]c2n(-c2ccc([N+](=O)[O-])cc2)c1=O. The molecule has 1 aromatic carbocycles. The summed E-state index contributed by atoms with van der Waals surface area (Å²) in [7, 11) is 0. The smallest absolute Gasteiger partial charge is 0.274 e. The number of nitrogens with one attached hydrogen (secondary N) is 1. The summed E-state index contributed by atoms with van der Waals surface area (Å²) in [4.78, 5) is 36.7. The Kier molecular flexibility index (Phi) is 3.23. The van der Waals surface area contributed by atoms with E-state index in [1.54, 1.807) is 0 Å². The second-order valence-electron chi connectivity index (χ2n) is 4.71. The first-order valence-corrected chi connectivity index (χ1v) is 6.45. The Bertz CT molecular complexity index is 1090. The number of fused-ring (bicyclic) bond motifs is 1. The van der Waals surface area contributed by atoms with Gasteiger partial charge in [0.1, 0.15) is 17.3 Å². The maximum atomic E-state index is 12.4. The van der Waals surface area contributed by atoms with E-state index in [-0.39, 0.29) is 16.9 Å². The van der Waals surface area contributed by atoms with Gasteiger partial charge in [0.05, 0.1) is 10.6 Å². The number of non-ortho nitro benzene ring substituents is 1. The summed E-state index contributed by atoms with van der Waals surface area (Å²) in [6.07, 6.45) is 0. The topological polar surface area (TPSA) is 122 Å². The molecule has 0 aliphatic rings. The zero-order chi connectivity index (χ0) is 16.6. The van der Waals surface area contributed by atoms with Crippen LogP contribution in [0, 0.1) is 21.4 Å². The van der Waals surface area contributed by atoms with Crippen LogP contribution in [0.4, 0.5) is 5.69 Å². The van der Waals surface area contributed by atoms with Crippen molar-refractivity contribution in [2.45, 2.75) is 0 Å². The summed E-state index contributed by atoms with van der Waals surface area (Å²) in [5.41, 5.74) is -0.716. The van der Waals surface area contributed by atoms with Crippen molar-refractivity contribution in [1.82, 2.24) is 9.55 Å². The molecule has 0 spiro atoms. The molecule has 23 heavy (non-hydrogen) atoms. The maximum Gasteiger partial charge on any atom is 0.274 e. The zero-order valence-corrected chi connectivity index (χ0v) is 11.5. The molecule has 0 aliphatic heterocycles. The van der Waals surface area contributed by atoms with Gasteiger partial charge in [0.25, 0.3) is 11.2 Å². The van der Waals surface area contributed by atoms with Gasteiger partial charge < -0.3 is 4.98 Å². The van der Waals surface area contributed by atoms with Crippen molar-refractivity contribution >= 4 is 16.7 Å². The largest absolute Gasteiger partial charge is 0.308 e. The number of pyridine rings is 2. The number of nitrogens with zero attached hydrogens (tertiary/aromatic N) is 3. The van der Waals surface area contributed by atoms with E-state index in [2.05, 4.69) is 4.98 Å². The van der Waals surface area contributed by atoms with Crippen molar-refractivity contribution in [2.24, 2.45) is 0 Å². The molecule has 3 rings (SSSR count). The van der Waals surface area contributed by atoms with Gasteiger partial charge in [-0.2, -0.15) is 5.26 Å². The molecule has 0 saturated carbocycles. The Morgan fingerprint density at radius 2 is 1.83 bits per heavy atom. The summed E-state index contributed by atoms with van der Waals surface area (Å²) in [5, 5.41) is 20.3. The molecular formula is C15H8N4O4. The van der Waals surface area contributed by atoms with Crippen molar-refractivity contribution in [3.8, 4) is 11.8 Å². The lowest BCUT2D eigenvalue weighted by molar-refractivity contribution is -0.384. The van der Waals surface area contributed by atoms with Crippen LogP contribution in [0.5, 0.6) is 0 Å². The summed E-state index contributed by atoms with van der Waals surface area (Å²) in [6.45, 7) is 0. The van der Waals surface area contributed by atoms with E-state index < -0.39 is 16.0 Å². The first kappa shape index (κ1) is 14.2. The van der Waals surface area contributed by atoms with Gasteiger partial charge in [-0.1, -0.05) is 0 Å². The van der Waals surface area contributed by atoms with Crippen molar-refractivity contribution in [1.29, 1.82) is 5.26 Å². The third-order valence-electron chi connectivity index (χ3n) is 3.33. The molecule has 112 valence electrons. The lowest BCUT2D eigenvalue weighted by Gasteiger charge is -2.10. The van der Waals surface area contributed by atoms with E-state index in [1.165, 1.54) is 42.5 Å². The van der Waals surface area contributed by atoms with Crippen molar-refractivity contribution < 1.29 is 4.92 Å². The normalized spacial score (nSPS) is 10.4. The fourth-order valence-corrected chi connectivity index (χ4v) is 2.27. The Morgan fingerprint density at radius 1 is 1.13 bits per heavy atom. The highest BCUT2D eigenvalue weighted by Gasteiger charge is 2.13. The Labute approximate surface area is 128 Å². The van der Waals surface area contributed by atoms with Crippen LogP contribution >= 0.6 is 0 Å². The van der Waals surface area contributed by atoms with Crippen LogP contribution in [-0.2, 0) is 0 Å². The summed E-state index contributed by atoms with van der Waals surface area (Å²) < 4.78 is 1.15. The molecule has 0 unspecified atom stereocenters. The van der Waals surface area contributed by atoms with Gasteiger partial charge in [0, 0.05) is 23.6 Å². The molecule has 0 atom stereocenters. The van der Waals surface area contributed by atoms with Crippen molar-refractivity contribution in [3.05, 3.63) is 78.8 Å². The second kappa shape index (κ2) is 5.23. The average Bonchev–Trinajstić information content (AvgIpc) is 2.54. The third-order valence-corrected chi connectivity index (χ3v) is 3.33. The van der Waals surface area contributed by atoms with E-state index in [1.807, 2.05) is 6.07 Å². The van der Waals surface area contributed by atoms with E-state index >= 15 is 0 Å². The van der Waals surface area contributed by atoms with Gasteiger partial charge in [0.15, 0.2) is 0 Å². The first-order valence-electron chi connectivity index (χ1n) is 6.45. The molecule has 0 radical (unpaired) electrons. The van der Waals surface area contributed by atoms with Crippen molar-refractivity contribution in [3.63, 3.8) is 0 Å². The van der Waals surface area contributed by atoms with Crippen LogP contribution in [0.2, 0.25) is 0 Å². The Morgan fingerprint density at radius 3 is 2.43 bits per heavy atom. The molecule has 0 amide bonds. The van der Waals surface area contributed by atoms with Crippen molar-refractivity contribution in [2.75, 3.05) is 0 Å². The summed E-state index contributed by atoms with van der Waals surface area (Å²) in [5.74, 6) is 0. The lowest BCUT2D eigenvalue weighted by atomic mass is 10.2. The van der Waals surface area contributed by atoms with Crippen LogP contribution in [0.3, 0.4) is 0 Å². The number of aromatic nitrogens is 2. The quantitative estimate of drug-likeness (QED) is 0.567. The number of benzene rings is 1. The van der Waals surface area contributed by atoms with Crippen LogP contribution in [-0.4, -0.2) is 14.5 Å². The van der Waals surface area contributed by atoms with Gasteiger partial charge >= 0.3 is 0 Å². The standard InChI is InChI=1S/C15H8N4O4/c16-8-10-7-9-1-6-13(20)17-14(9)18(15(10)21)11-2-4-12(5-3-11)19(22)23/h1-7H,(H,17,20). The number of hydrogen-bond acceptors (Lipinski definition) is 5. The summed E-state index contributed by atoms with van der Waals surface area (Å²) >= 11 is 0. The molecule has 8 nitrogen and oxygen atoms in total. The van der Waals surface area contributed by atoms with Gasteiger partial charge in [-0.3, -0.25) is 24.3 Å². The highest BCUT2D eigenvalue weighted by molar-refractivity contribution is 5.78. The number of nitro groups is 1. The van der Waals surface area contributed by atoms with Crippen LogP contribution in [0.25, 0.3) is 16.7 Å². The van der Waals surface area contributed by atoms with Crippen LogP contribution in [0.15, 0.2) is 52.1 Å². The van der Waals surface area contributed by atoms with Gasteiger partial charge in [-0.15, -0.1) is 0 Å². The Hall–Kier alpha value is -3.73. The minimum Gasteiger partial charge on any atom is -0.308 e. The number of nitro benzene ring substituents is 1. The number of aromatic amines is 1. The van der Waals surface area contributed by atoms with Crippen LogP contribution in [0.1, 0.15) is 5.56 Å². The minimum atomic E-state index is -0.615. The molecule has 2 heterocycles. The fourth-order valence-electron chi connectivity index (χ4n) is 2.27. The zero-order valence-electron chi connectivity index (χ0n) is 11.5. The third kappa shape index (κ3) is 2.36. The molecule has 0 bridgehead atoms. The molecule has 1 N–H and O–H groups in total. The van der Waals surface area contributed by atoms with E-state index in [9.17, 15) is 19.7 Å². The average molecular weight is 308 g/mol. The first-order chi connectivity index (χ1) is 11.0. The van der Waals surface area contributed by atoms with Crippen LogP contribution < -0.4 is 11.1 Å². The maximum absolute atomic E-state index is 12.4. The second-order valence-corrected chi connectivity index (χ2v) is 4.71. The highest BCUT2D eigenvalue weighted by atomic mass is 16.6. The highest BCUT2D eigenvalue weighted by Crippen LogP contribution is 2.18. The van der Waals surface area contributed by atoms with Gasteiger partial charge in [-0.05, 0) is 24.3 Å². The predicted molar refractivity (Wildman–Crippen MR) is 81.5 cm³/mol. The number of H-pyrrole nitrogens is 1. The number of rotatable bonds is 2.